The van der Waals surface area contributed by atoms with Crippen molar-refractivity contribution in [3.05, 3.63) is 28.2 Å². The second-order valence-corrected chi connectivity index (χ2v) is 7.81. The molecule has 18 heavy (non-hydrogen) atoms. The molecule has 1 atom stereocenters. The average Bonchev–Trinajstić information content (AvgIpc) is 2.19. The molecule has 1 aromatic carbocycles. The lowest BCUT2D eigenvalue weighted by molar-refractivity contribution is 0.317. The summed E-state index contributed by atoms with van der Waals surface area (Å²) in [6, 6.07) is 4.06. The Morgan fingerprint density at radius 3 is 2.17 bits per heavy atom. The molecule has 0 heterocycles. The van der Waals surface area contributed by atoms with Crippen LogP contribution in [0.25, 0.3) is 0 Å². The molecule has 1 aromatic rings. The van der Waals surface area contributed by atoms with Crippen LogP contribution >= 0.6 is 23.2 Å². The Morgan fingerprint density at radius 2 is 1.72 bits per heavy atom. The summed E-state index contributed by atoms with van der Waals surface area (Å²) >= 11 is 11.6. The van der Waals surface area contributed by atoms with E-state index in [9.17, 15) is 8.42 Å². The van der Waals surface area contributed by atoms with Crippen molar-refractivity contribution in [3.8, 4) is 0 Å². The van der Waals surface area contributed by atoms with E-state index < -0.39 is 10.0 Å². The van der Waals surface area contributed by atoms with Crippen LogP contribution in [-0.2, 0) is 10.0 Å². The summed E-state index contributed by atoms with van der Waals surface area (Å²) in [4.78, 5) is 0.119. The van der Waals surface area contributed by atoms with Gasteiger partial charge in [0, 0.05) is 6.04 Å². The zero-order valence-corrected chi connectivity index (χ0v) is 13.1. The number of halogens is 2. The molecule has 6 heteroatoms. The summed E-state index contributed by atoms with van der Waals surface area (Å²) in [6.07, 6.45) is 0. The molecule has 0 saturated heterocycles. The van der Waals surface area contributed by atoms with Crippen LogP contribution in [0.4, 0.5) is 0 Å². The third-order valence-electron chi connectivity index (χ3n) is 2.83. The molecule has 0 saturated carbocycles. The van der Waals surface area contributed by atoms with E-state index in [2.05, 4.69) is 4.72 Å². The van der Waals surface area contributed by atoms with Gasteiger partial charge in [0.25, 0.3) is 0 Å². The van der Waals surface area contributed by atoms with Crippen molar-refractivity contribution in [3.63, 3.8) is 0 Å². The zero-order valence-electron chi connectivity index (χ0n) is 10.8. The first-order chi connectivity index (χ1) is 8.04. The van der Waals surface area contributed by atoms with Gasteiger partial charge in [-0.05, 0) is 30.5 Å². The van der Waals surface area contributed by atoms with Crippen molar-refractivity contribution in [2.24, 2.45) is 5.41 Å². The maximum absolute atomic E-state index is 12.1. The summed E-state index contributed by atoms with van der Waals surface area (Å²) in [7, 11) is -3.58. The van der Waals surface area contributed by atoms with E-state index in [4.69, 9.17) is 23.2 Å². The minimum Gasteiger partial charge on any atom is -0.208 e. The molecule has 0 fully saturated rings. The van der Waals surface area contributed by atoms with E-state index in [1.54, 1.807) is 0 Å². The first-order valence-electron chi connectivity index (χ1n) is 5.51. The highest BCUT2D eigenvalue weighted by Gasteiger charge is 2.26. The first kappa shape index (κ1) is 15.8. The van der Waals surface area contributed by atoms with E-state index in [0.717, 1.165) is 0 Å². The van der Waals surface area contributed by atoms with Crippen molar-refractivity contribution in [1.82, 2.24) is 4.72 Å². The second kappa shape index (κ2) is 5.37. The summed E-state index contributed by atoms with van der Waals surface area (Å²) in [6.45, 7) is 7.73. The number of hydrogen-bond donors (Lipinski definition) is 1. The van der Waals surface area contributed by atoms with Gasteiger partial charge in [-0.3, -0.25) is 0 Å². The molecule has 0 aromatic heterocycles. The van der Waals surface area contributed by atoms with E-state index in [0.29, 0.717) is 5.02 Å². The van der Waals surface area contributed by atoms with Gasteiger partial charge in [-0.25, -0.2) is 13.1 Å². The van der Waals surface area contributed by atoms with Crippen molar-refractivity contribution >= 4 is 33.2 Å². The molecule has 1 unspecified atom stereocenters. The van der Waals surface area contributed by atoms with Gasteiger partial charge in [0.05, 0.1) is 14.9 Å². The molecular formula is C12H17Cl2NO2S. The Labute approximate surface area is 119 Å². The lowest BCUT2D eigenvalue weighted by Gasteiger charge is -2.27. The highest BCUT2D eigenvalue weighted by molar-refractivity contribution is 7.89. The van der Waals surface area contributed by atoms with Crippen molar-refractivity contribution < 1.29 is 8.42 Å². The third-order valence-corrected chi connectivity index (χ3v) is 5.11. The molecule has 0 bridgehead atoms. The fourth-order valence-electron chi connectivity index (χ4n) is 1.12. The monoisotopic (exact) mass is 309 g/mol. The average molecular weight is 310 g/mol. The molecule has 0 aliphatic carbocycles. The minimum atomic E-state index is -3.58. The highest BCUT2D eigenvalue weighted by Crippen LogP contribution is 2.26. The van der Waals surface area contributed by atoms with Crippen molar-refractivity contribution in [2.45, 2.75) is 38.6 Å². The lowest BCUT2D eigenvalue weighted by atomic mass is 9.89. The molecule has 102 valence electrons. The number of hydrogen-bond acceptors (Lipinski definition) is 2. The summed E-state index contributed by atoms with van der Waals surface area (Å²) < 4.78 is 26.9. The summed E-state index contributed by atoms with van der Waals surface area (Å²) in [5, 5.41) is 0.558. The molecular weight excluding hydrogens is 293 g/mol. The predicted octanol–water partition coefficient (Wildman–Crippen LogP) is 3.71. The Kier molecular flexibility index (Phi) is 4.70. The van der Waals surface area contributed by atoms with E-state index in [1.165, 1.54) is 18.2 Å². The largest absolute Gasteiger partial charge is 0.240 e. The van der Waals surface area contributed by atoms with Crippen LogP contribution in [0, 0.1) is 5.41 Å². The number of sulfonamides is 1. The van der Waals surface area contributed by atoms with Crippen LogP contribution in [-0.4, -0.2) is 14.5 Å². The van der Waals surface area contributed by atoms with E-state index >= 15 is 0 Å². The van der Waals surface area contributed by atoms with E-state index in [1.807, 2.05) is 27.7 Å². The van der Waals surface area contributed by atoms with Gasteiger partial charge in [-0.15, -0.1) is 0 Å². The van der Waals surface area contributed by atoms with E-state index in [-0.39, 0.29) is 21.4 Å². The second-order valence-electron chi connectivity index (χ2n) is 5.28. The minimum absolute atomic E-state index is 0.119. The topological polar surface area (TPSA) is 46.2 Å². The highest BCUT2D eigenvalue weighted by atomic mass is 35.5. The van der Waals surface area contributed by atoms with Crippen LogP contribution < -0.4 is 4.72 Å². The van der Waals surface area contributed by atoms with Crippen LogP contribution in [0.15, 0.2) is 23.1 Å². The standard InChI is InChI=1S/C12H17Cl2NO2S/c1-8(12(2,3)4)15-18(16,17)9-5-6-10(13)11(14)7-9/h5-8,15H,1-4H3. The van der Waals surface area contributed by atoms with Gasteiger partial charge >= 0.3 is 0 Å². The maximum atomic E-state index is 12.1. The number of nitrogens with one attached hydrogen (secondary N) is 1. The van der Waals surface area contributed by atoms with Gasteiger partial charge in [0.2, 0.25) is 10.0 Å². The SMILES string of the molecule is CC(NS(=O)(=O)c1ccc(Cl)c(Cl)c1)C(C)(C)C. The zero-order chi connectivity index (χ0) is 14.1. The maximum Gasteiger partial charge on any atom is 0.240 e. The lowest BCUT2D eigenvalue weighted by Crippen LogP contribution is -2.41. The number of benzene rings is 1. The van der Waals surface area contributed by atoms with Crippen molar-refractivity contribution in [1.29, 1.82) is 0 Å². The Balaban J connectivity index is 3.04. The molecule has 0 aliphatic rings. The van der Waals surface area contributed by atoms with Gasteiger partial charge in [0.1, 0.15) is 0 Å². The molecule has 0 spiro atoms. The van der Waals surface area contributed by atoms with Gasteiger partial charge in [-0.2, -0.15) is 0 Å². The summed E-state index contributed by atoms with van der Waals surface area (Å²) in [5.41, 5.74) is -0.163. The van der Waals surface area contributed by atoms with Crippen LogP contribution in [0.1, 0.15) is 27.7 Å². The Hall–Kier alpha value is -0.290. The molecule has 1 rings (SSSR count). The molecule has 0 aliphatic heterocycles. The van der Waals surface area contributed by atoms with Crippen LogP contribution in [0.3, 0.4) is 0 Å². The Bertz CT molecular complexity index is 535. The predicted molar refractivity (Wildman–Crippen MR) is 75.7 cm³/mol. The molecule has 0 radical (unpaired) electrons. The Morgan fingerprint density at radius 1 is 1.17 bits per heavy atom. The molecule has 1 N–H and O–H groups in total. The fourth-order valence-corrected chi connectivity index (χ4v) is 2.96. The number of rotatable bonds is 3. The van der Waals surface area contributed by atoms with Gasteiger partial charge in [0.15, 0.2) is 0 Å². The normalized spacial score (nSPS) is 14.6. The van der Waals surface area contributed by atoms with Crippen LogP contribution in [0.5, 0.6) is 0 Å². The van der Waals surface area contributed by atoms with Crippen LogP contribution in [0.2, 0.25) is 10.0 Å². The fraction of sp³-hybridized carbons (Fsp3) is 0.500. The smallest absolute Gasteiger partial charge is 0.208 e. The van der Waals surface area contributed by atoms with Gasteiger partial charge in [-0.1, -0.05) is 44.0 Å². The van der Waals surface area contributed by atoms with Gasteiger partial charge < -0.3 is 0 Å². The molecule has 0 amide bonds. The summed E-state index contributed by atoms with van der Waals surface area (Å²) in [5.74, 6) is 0. The third kappa shape index (κ3) is 3.85. The quantitative estimate of drug-likeness (QED) is 0.925. The first-order valence-corrected chi connectivity index (χ1v) is 7.75. The van der Waals surface area contributed by atoms with Crippen molar-refractivity contribution in [2.75, 3.05) is 0 Å². The molecule has 3 nitrogen and oxygen atoms in total.